The molecule has 63 heavy (non-hydrogen) atoms. The number of halogens is 3. The first-order valence-corrected chi connectivity index (χ1v) is 23.4. The molecule has 2 bridgehead atoms. The summed E-state index contributed by atoms with van der Waals surface area (Å²) in [7, 11) is 0. The van der Waals surface area contributed by atoms with Crippen LogP contribution in [-0.2, 0) is 21.5 Å². The second kappa shape index (κ2) is 17.4. The second-order valence-electron chi connectivity index (χ2n) is 18.6. The van der Waals surface area contributed by atoms with Crippen molar-refractivity contribution in [1.29, 1.82) is 5.26 Å². The van der Waals surface area contributed by atoms with Gasteiger partial charge < -0.3 is 24.0 Å². The Morgan fingerprint density at radius 1 is 1.08 bits per heavy atom. The van der Waals surface area contributed by atoms with Crippen molar-refractivity contribution in [3.63, 3.8) is 0 Å². The third kappa shape index (κ3) is 8.56. The highest BCUT2D eigenvalue weighted by atomic mass is 35.5. The van der Waals surface area contributed by atoms with Crippen LogP contribution in [0.4, 0.5) is 14.0 Å². The van der Waals surface area contributed by atoms with Gasteiger partial charge in [0.05, 0.1) is 51.1 Å². The third-order valence-corrected chi connectivity index (χ3v) is 14.2. The highest BCUT2D eigenvalue weighted by molar-refractivity contribution is 7.99. The molecule has 11 nitrogen and oxygen atoms in total. The van der Waals surface area contributed by atoms with Crippen molar-refractivity contribution in [1.82, 2.24) is 24.3 Å². The lowest BCUT2D eigenvalue weighted by Gasteiger charge is -2.40. The SMILES string of the molecule is CC(C)SCCOC(=O)N1CCC[C@@H]1c1cc2c(-c3ccc(C(C)(C)O)nc3)nc3c(F)c(-c4cccc(Cl)c4Cl)c(CCC#N)cc3c2n1[C@H]1[C@@H]2C[C@H]1N(C(=O)OC(C)(C)C)C2. The minimum absolute atomic E-state index is 0.0404. The second-order valence-corrected chi connectivity index (χ2v) is 21.1. The van der Waals surface area contributed by atoms with E-state index in [1.165, 1.54) is 0 Å². The summed E-state index contributed by atoms with van der Waals surface area (Å²) < 4.78 is 32.0. The van der Waals surface area contributed by atoms with Crippen molar-refractivity contribution in [3.05, 3.63) is 81.5 Å². The fourth-order valence-corrected chi connectivity index (χ4v) is 10.6. The summed E-state index contributed by atoms with van der Waals surface area (Å²) >= 11 is 15.1. The van der Waals surface area contributed by atoms with E-state index in [-0.39, 0.29) is 64.7 Å². The molecule has 332 valence electrons. The van der Waals surface area contributed by atoms with E-state index in [0.717, 1.165) is 18.5 Å². The Morgan fingerprint density at radius 2 is 1.86 bits per heavy atom. The zero-order valence-electron chi connectivity index (χ0n) is 36.7. The van der Waals surface area contributed by atoms with Gasteiger partial charge in [-0.05, 0) is 101 Å². The number of aliphatic hydroxyl groups is 1. The van der Waals surface area contributed by atoms with Crippen molar-refractivity contribution in [3.8, 4) is 28.5 Å². The molecule has 0 radical (unpaired) electrons. The monoisotopic (exact) mass is 914 g/mol. The Bertz CT molecular complexity index is 2640. The number of pyridine rings is 2. The Labute approximate surface area is 381 Å². The lowest BCUT2D eigenvalue weighted by Crippen LogP contribution is -2.45. The van der Waals surface area contributed by atoms with Crippen LogP contribution in [0.3, 0.4) is 0 Å². The maximum absolute atomic E-state index is 17.9. The molecule has 2 aromatic carbocycles. The van der Waals surface area contributed by atoms with Gasteiger partial charge in [-0.15, -0.1) is 0 Å². The number of fused-ring (bicyclic) bond motifs is 4. The Hall–Kier alpha value is -4.61. The maximum Gasteiger partial charge on any atom is 0.410 e. The molecule has 6 heterocycles. The van der Waals surface area contributed by atoms with Crippen LogP contribution in [-0.4, -0.2) is 84.0 Å². The van der Waals surface area contributed by atoms with E-state index in [9.17, 15) is 20.0 Å². The van der Waals surface area contributed by atoms with Crippen LogP contribution < -0.4 is 0 Å². The molecule has 2 amide bonds. The van der Waals surface area contributed by atoms with E-state index in [0.29, 0.717) is 74.9 Å². The molecule has 9 rings (SSSR count). The molecule has 0 unspecified atom stereocenters. The van der Waals surface area contributed by atoms with Gasteiger partial charge >= 0.3 is 12.2 Å². The molecule has 4 atom stereocenters. The molecule has 3 saturated heterocycles. The van der Waals surface area contributed by atoms with Crippen molar-refractivity contribution in [2.75, 3.05) is 25.4 Å². The molecule has 1 saturated carbocycles. The van der Waals surface area contributed by atoms with Crippen LogP contribution in [0.5, 0.6) is 0 Å². The summed E-state index contributed by atoms with van der Waals surface area (Å²) in [5, 5.41) is 22.7. The minimum atomic E-state index is -1.21. The van der Waals surface area contributed by atoms with Gasteiger partial charge in [0.15, 0.2) is 5.82 Å². The number of hydrogen-bond donors (Lipinski definition) is 1. The number of benzene rings is 2. The number of thioether (sulfide) groups is 1. The molecular weight excluding hydrogens is 863 g/mol. The van der Waals surface area contributed by atoms with Crippen LogP contribution in [0.25, 0.3) is 44.2 Å². The molecular formula is C48H53Cl2FN6O5S. The number of aryl methyl sites for hydroxylation is 1. The minimum Gasteiger partial charge on any atom is -0.449 e. The average molecular weight is 916 g/mol. The zero-order valence-corrected chi connectivity index (χ0v) is 39.0. The number of hydrogen-bond acceptors (Lipinski definition) is 9. The van der Waals surface area contributed by atoms with Gasteiger partial charge in [0.1, 0.15) is 23.3 Å². The number of ether oxygens (including phenoxy) is 2. The number of amides is 2. The van der Waals surface area contributed by atoms with Crippen LogP contribution in [0.1, 0.15) is 103 Å². The first-order valence-electron chi connectivity index (χ1n) is 21.6. The highest BCUT2D eigenvalue weighted by Crippen LogP contribution is 2.55. The predicted octanol–water partition coefficient (Wildman–Crippen LogP) is 11.6. The number of rotatable bonds is 11. The first kappa shape index (κ1) is 45.0. The summed E-state index contributed by atoms with van der Waals surface area (Å²) in [6.07, 6.45) is 3.34. The van der Waals surface area contributed by atoms with Crippen molar-refractivity contribution in [2.24, 2.45) is 5.92 Å². The molecule has 5 aromatic rings. The average Bonchev–Trinajstić information content (AvgIpc) is 4.03. The van der Waals surface area contributed by atoms with Gasteiger partial charge in [-0.3, -0.25) is 9.88 Å². The van der Waals surface area contributed by atoms with Crippen molar-refractivity contribution in [2.45, 2.75) is 115 Å². The number of likely N-dealkylation sites (tertiary alicyclic amines) is 1. The smallest absolute Gasteiger partial charge is 0.410 e. The van der Waals surface area contributed by atoms with Gasteiger partial charge in [0, 0.05) is 70.5 Å². The van der Waals surface area contributed by atoms with E-state index in [2.05, 4.69) is 35.5 Å². The number of aromatic nitrogens is 3. The molecule has 4 aliphatic rings. The molecule has 3 aliphatic heterocycles. The van der Waals surface area contributed by atoms with Gasteiger partial charge in [-0.2, -0.15) is 17.0 Å². The zero-order chi connectivity index (χ0) is 45.1. The van der Waals surface area contributed by atoms with E-state index < -0.39 is 29.2 Å². The van der Waals surface area contributed by atoms with E-state index in [1.54, 1.807) is 61.0 Å². The van der Waals surface area contributed by atoms with E-state index in [1.807, 2.05) is 37.8 Å². The lowest BCUT2D eigenvalue weighted by molar-refractivity contribution is 0.0208. The first-order chi connectivity index (χ1) is 29.9. The summed E-state index contributed by atoms with van der Waals surface area (Å²) in [5.74, 6) is 0.0938. The largest absolute Gasteiger partial charge is 0.449 e. The van der Waals surface area contributed by atoms with Gasteiger partial charge in [0.2, 0.25) is 0 Å². The number of carbonyl (C=O) groups is 2. The Balaban J connectivity index is 1.41. The van der Waals surface area contributed by atoms with Crippen LogP contribution in [0.15, 0.2) is 48.7 Å². The molecule has 15 heteroatoms. The molecule has 0 spiro atoms. The number of nitrogens with zero attached hydrogens (tertiary/aromatic N) is 6. The van der Waals surface area contributed by atoms with Crippen molar-refractivity contribution < 1.29 is 28.6 Å². The Kier molecular flexibility index (Phi) is 12.4. The van der Waals surface area contributed by atoms with E-state index in [4.69, 9.17) is 37.7 Å². The standard InChI is InChI=1S/C48H53Cl2FN6O5S/c1-26(2)63-20-19-61-45(58)55-18-10-14-34(55)35-23-32-41(28-15-16-37(53-24-28)48(6,7)60)54-42-31(21-27(11-9-17-52)38(40(42)51)30-12-8-13-33(49)39(30)50)44(32)57(35)43-29-22-36(43)56(25-29)46(59)62-47(3,4)5/h8,12-13,15-16,21,23-24,26,29,34,36,43,60H,9-11,14,18-20,22,25H2,1-7H3/t29-,34-,36-,43+/m1/s1. The number of nitriles is 1. The molecule has 3 aromatic heterocycles. The maximum atomic E-state index is 17.9. The topological polar surface area (TPSA) is 134 Å². The lowest BCUT2D eigenvalue weighted by atomic mass is 9.79. The van der Waals surface area contributed by atoms with Gasteiger partial charge in [-0.25, -0.2) is 19.0 Å². The third-order valence-electron chi connectivity index (χ3n) is 12.3. The normalized spacial score (nSPS) is 19.9. The quantitative estimate of drug-likeness (QED) is 0.129. The summed E-state index contributed by atoms with van der Waals surface area (Å²) in [6, 6.07) is 13.9. The summed E-state index contributed by atoms with van der Waals surface area (Å²) in [6.45, 7) is 14.3. The Morgan fingerprint density at radius 3 is 2.54 bits per heavy atom. The van der Waals surface area contributed by atoms with Crippen LogP contribution >= 0.6 is 35.0 Å². The molecule has 4 fully saturated rings. The van der Waals surface area contributed by atoms with Gasteiger partial charge in [0.25, 0.3) is 0 Å². The predicted molar refractivity (Wildman–Crippen MR) is 247 cm³/mol. The summed E-state index contributed by atoms with van der Waals surface area (Å²) in [4.78, 5) is 41.1. The number of carbonyl (C=O) groups excluding carboxylic acids is 2. The molecule has 1 N–H and O–H groups in total. The van der Waals surface area contributed by atoms with Crippen LogP contribution in [0, 0.1) is 23.1 Å². The highest BCUT2D eigenvalue weighted by Gasteiger charge is 2.57. The van der Waals surface area contributed by atoms with E-state index >= 15 is 4.39 Å². The fourth-order valence-electron chi connectivity index (χ4n) is 9.52. The molecule has 1 aliphatic carbocycles. The van der Waals surface area contributed by atoms with Crippen LogP contribution in [0.2, 0.25) is 10.0 Å². The fraction of sp³-hybridized carbons (Fsp3) is 0.479. The van der Waals surface area contributed by atoms with Gasteiger partial charge in [-0.1, -0.05) is 49.2 Å². The summed E-state index contributed by atoms with van der Waals surface area (Å²) in [5.41, 5.74) is 2.32. The van der Waals surface area contributed by atoms with Crippen molar-refractivity contribution >= 4 is 69.0 Å².